The number of ether oxygens (including phenoxy) is 1. The normalized spacial score (nSPS) is 16.1. The van der Waals surface area contributed by atoms with E-state index in [-0.39, 0.29) is 24.0 Å². The number of aromatic nitrogens is 2. The number of H-pyrrole nitrogens is 1. The van der Waals surface area contributed by atoms with Crippen molar-refractivity contribution in [1.82, 2.24) is 15.0 Å². The van der Waals surface area contributed by atoms with Crippen LogP contribution in [0.25, 0.3) is 11.3 Å². The van der Waals surface area contributed by atoms with Gasteiger partial charge in [0.2, 0.25) is 0 Å². The number of rotatable bonds is 6. The van der Waals surface area contributed by atoms with Gasteiger partial charge in [0, 0.05) is 23.9 Å². The molecule has 0 aliphatic carbocycles. The Morgan fingerprint density at radius 1 is 1.22 bits per heavy atom. The minimum absolute atomic E-state index is 0.250. The van der Waals surface area contributed by atoms with Crippen molar-refractivity contribution in [2.45, 2.75) is 39.2 Å². The van der Waals surface area contributed by atoms with Gasteiger partial charge in [-0.1, -0.05) is 35.5 Å². The minimum atomic E-state index is -0.608. The molecular weight excluding hydrogens is 410 g/mol. The van der Waals surface area contributed by atoms with E-state index in [4.69, 9.17) is 9.26 Å². The number of ketones is 1. The maximum atomic E-state index is 13.3. The van der Waals surface area contributed by atoms with E-state index in [0.29, 0.717) is 35.5 Å². The van der Waals surface area contributed by atoms with Crippen LogP contribution in [0, 0.1) is 6.92 Å². The lowest BCUT2D eigenvalue weighted by Gasteiger charge is -2.33. The van der Waals surface area contributed by atoms with Gasteiger partial charge >= 0.3 is 5.97 Å². The van der Waals surface area contributed by atoms with Gasteiger partial charge in [-0.05, 0) is 39.2 Å². The molecule has 8 nitrogen and oxygen atoms in total. The van der Waals surface area contributed by atoms with Crippen LogP contribution in [0.1, 0.15) is 58.4 Å². The Kier molecular flexibility index (Phi) is 6.20. The van der Waals surface area contributed by atoms with Crippen LogP contribution in [0.5, 0.6) is 0 Å². The SMILES string of the molecule is CCOC(=O)C1CCCCN1C(=O)c1cc(C(=O)c2c(-c3ccccc3)noc2C)c[nH]1. The largest absolute Gasteiger partial charge is 0.464 e. The second kappa shape index (κ2) is 9.21. The summed E-state index contributed by atoms with van der Waals surface area (Å²) in [6.45, 7) is 4.16. The van der Waals surface area contributed by atoms with Crippen LogP contribution in [-0.4, -0.2) is 51.9 Å². The highest BCUT2D eigenvalue weighted by Gasteiger charge is 2.34. The van der Waals surface area contributed by atoms with E-state index in [1.54, 1.807) is 13.8 Å². The van der Waals surface area contributed by atoms with Crippen LogP contribution >= 0.6 is 0 Å². The molecule has 1 N–H and O–H groups in total. The maximum Gasteiger partial charge on any atom is 0.328 e. The number of piperidine rings is 1. The number of carbonyl (C=O) groups is 3. The quantitative estimate of drug-likeness (QED) is 0.467. The summed E-state index contributed by atoms with van der Waals surface area (Å²) in [5, 5.41) is 4.06. The molecule has 0 bridgehead atoms. The Bertz CT molecular complexity index is 1130. The second-order valence-corrected chi connectivity index (χ2v) is 7.72. The predicted octanol–water partition coefficient (Wildman–Crippen LogP) is 3.77. The number of nitrogens with zero attached hydrogens (tertiary/aromatic N) is 2. The van der Waals surface area contributed by atoms with Gasteiger partial charge in [-0.15, -0.1) is 0 Å². The molecule has 3 heterocycles. The molecule has 1 aliphatic rings. The highest BCUT2D eigenvalue weighted by Crippen LogP contribution is 2.28. The number of aryl methyl sites for hydroxylation is 1. The summed E-state index contributed by atoms with van der Waals surface area (Å²) in [5.41, 5.74) is 2.16. The van der Waals surface area contributed by atoms with Crippen LogP contribution < -0.4 is 0 Å². The summed E-state index contributed by atoms with van der Waals surface area (Å²) < 4.78 is 10.4. The lowest BCUT2D eigenvalue weighted by Crippen LogP contribution is -2.48. The lowest BCUT2D eigenvalue weighted by molar-refractivity contribution is -0.149. The van der Waals surface area contributed by atoms with Crippen molar-refractivity contribution in [1.29, 1.82) is 0 Å². The summed E-state index contributed by atoms with van der Waals surface area (Å²) in [7, 11) is 0. The Balaban J connectivity index is 1.59. The van der Waals surface area contributed by atoms with Gasteiger partial charge in [0.25, 0.3) is 5.91 Å². The van der Waals surface area contributed by atoms with Gasteiger partial charge in [0.1, 0.15) is 23.2 Å². The smallest absolute Gasteiger partial charge is 0.328 e. The molecular formula is C24H25N3O5. The summed E-state index contributed by atoms with van der Waals surface area (Å²) >= 11 is 0. The van der Waals surface area contributed by atoms with E-state index < -0.39 is 12.0 Å². The Morgan fingerprint density at radius 2 is 2.00 bits per heavy atom. The standard InChI is InChI=1S/C24H25N3O5/c1-3-31-24(30)19-11-7-8-12-27(19)23(29)18-13-17(14-25-18)22(28)20-15(2)32-26-21(20)16-9-5-4-6-10-16/h4-6,9-10,13-14,19,25H,3,7-8,11-12H2,1-2H3. The van der Waals surface area contributed by atoms with E-state index in [0.717, 1.165) is 18.4 Å². The van der Waals surface area contributed by atoms with Crippen LogP contribution in [0.2, 0.25) is 0 Å². The highest BCUT2D eigenvalue weighted by atomic mass is 16.5. The van der Waals surface area contributed by atoms with E-state index in [9.17, 15) is 14.4 Å². The topological polar surface area (TPSA) is 106 Å². The van der Waals surface area contributed by atoms with Crippen LogP contribution in [-0.2, 0) is 9.53 Å². The number of benzene rings is 1. The van der Waals surface area contributed by atoms with Crippen molar-refractivity contribution in [3.05, 3.63) is 65.2 Å². The van der Waals surface area contributed by atoms with Gasteiger partial charge < -0.3 is 19.1 Å². The average molecular weight is 435 g/mol. The van der Waals surface area contributed by atoms with Crippen molar-refractivity contribution in [3.63, 3.8) is 0 Å². The second-order valence-electron chi connectivity index (χ2n) is 7.72. The number of aromatic amines is 1. The summed E-state index contributed by atoms with van der Waals surface area (Å²) in [4.78, 5) is 43.2. The number of esters is 1. The number of likely N-dealkylation sites (tertiary alicyclic amines) is 1. The molecule has 0 spiro atoms. The average Bonchev–Trinajstić information content (AvgIpc) is 3.46. The molecule has 4 rings (SSSR count). The molecule has 1 saturated heterocycles. The summed E-state index contributed by atoms with van der Waals surface area (Å²) in [6, 6.07) is 10.2. The monoisotopic (exact) mass is 435 g/mol. The third kappa shape index (κ3) is 4.08. The van der Waals surface area contributed by atoms with Crippen molar-refractivity contribution in [2.24, 2.45) is 0 Å². The minimum Gasteiger partial charge on any atom is -0.464 e. The Labute approximate surface area is 185 Å². The highest BCUT2D eigenvalue weighted by molar-refractivity contribution is 6.13. The Hall–Kier alpha value is -3.68. The number of nitrogens with one attached hydrogen (secondary N) is 1. The fourth-order valence-corrected chi connectivity index (χ4v) is 4.04. The molecule has 8 heteroatoms. The van der Waals surface area contributed by atoms with Crippen molar-refractivity contribution >= 4 is 17.7 Å². The zero-order valence-corrected chi connectivity index (χ0v) is 18.1. The number of carbonyl (C=O) groups excluding carboxylic acids is 3. The first-order chi connectivity index (χ1) is 15.5. The number of hydrogen-bond acceptors (Lipinski definition) is 6. The van der Waals surface area contributed by atoms with Crippen molar-refractivity contribution < 1.29 is 23.6 Å². The summed E-state index contributed by atoms with van der Waals surface area (Å²) in [5.74, 6) is -0.608. The molecule has 1 aliphatic heterocycles. The molecule has 0 radical (unpaired) electrons. The van der Waals surface area contributed by atoms with E-state index in [2.05, 4.69) is 10.1 Å². The first-order valence-corrected chi connectivity index (χ1v) is 10.7. The first kappa shape index (κ1) is 21.5. The fraction of sp³-hybridized carbons (Fsp3) is 0.333. The molecule has 1 aromatic carbocycles. The molecule has 1 atom stereocenters. The molecule has 1 unspecified atom stereocenters. The zero-order chi connectivity index (χ0) is 22.7. The molecule has 0 saturated carbocycles. The maximum absolute atomic E-state index is 13.3. The predicted molar refractivity (Wildman–Crippen MR) is 116 cm³/mol. The van der Waals surface area contributed by atoms with E-state index in [1.165, 1.54) is 17.2 Å². The van der Waals surface area contributed by atoms with Gasteiger partial charge in [-0.25, -0.2) is 4.79 Å². The molecule has 3 aromatic rings. The molecule has 1 amide bonds. The summed E-state index contributed by atoms with van der Waals surface area (Å²) in [6.07, 6.45) is 3.74. The third-order valence-electron chi connectivity index (χ3n) is 5.63. The molecule has 32 heavy (non-hydrogen) atoms. The number of hydrogen-bond donors (Lipinski definition) is 1. The molecule has 166 valence electrons. The Morgan fingerprint density at radius 3 is 2.75 bits per heavy atom. The third-order valence-corrected chi connectivity index (χ3v) is 5.63. The number of amides is 1. The van der Waals surface area contributed by atoms with Crippen molar-refractivity contribution in [2.75, 3.05) is 13.2 Å². The van der Waals surface area contributed by atoms with Crippen LogP contribution in [0.4, 0.5) is 0 Å². The molecule has 2 aromatic heterocycles. The van der Waals surface area contributed by atoms with Gasteiger partial charge in [-0.3, -0.25) is 9.59 Å². The molecule has 1 fully saturated rings. The van der Waals surface area contributed by atoms with Crippen molar-refractivity contribution in [3.8, 4) is 11.3 Å². The van der Waals surface area contributed by atoms with Crippen LogP contribution in [0.3, 0.4) is 0 Å². The van der Waals surface area contributed by atoms with E-state index >= 15 is 0 Å². The fourth-order valence-electron chi connectivity index (χ4n) is 4.04. The van der Waals surface area contributed by atoms with Gasteiger partial charge in [0.05, 0.1) is 12.2 Å². The van der Waals surface area contributed by atoms with Gasteiger partial charge in [-0.2, -0.15) is 0 Å². The van der Waals surface area contributed by atoms with E-state index in [1.807, 2.05) is 30.3 Å². The van der Waals surface area contributed by atoms with Gasteiger partial charge in [0.15, 0.2) is 5.78 Å². The van der Waals surface area contributed by atoms with Crippen LogP contribution in [0.15, 0.2) is 47.1 Å². The lowest BCUT2D eigenvalue weighted by atomic mass is 9.99. The first-order valence-electron chi connectivity index (χ1n) is 10.7. The zero-order valence-electron chi connectivity index (χ0n) is 18.1.